The minimum atomic E-state index is -3.12. The summed E-state index contributed by atoms with van der Waals surface area (Å²) < 4.78 is 50.6. The van der Waals surface area contributed by atoms with Crippen molar-refractivity contribution in [2.45, 2.75) is 31.4 Å². The molecule has 1 aromatic carbocycles. The first-order chi connectivity index (χ1) is 16.7. The van der Waals surface area contributed by atoms with Crippen LogP contribution in [0.15, 0.2) is 48.2 Å². The standard InChI is InChI=1S/C22H20F3N7O2S/c1-12-31-22(9-34-19(21(2,24)25)15(22)8-35-12)14-5-13(3-4-16(14)23)30-20(33)17-6-28-18(7-27-17)32-11-26-10-29-32/h3-7,10-11,15,19H,8-9H2,1-2H3,(H,30,33)/t15-,19+,22-/m1/s1. The number of alkyl halides is 2. The van der Waals surface area contributed by atoms with Gasteiger partial charge in [-0.1, -0.05) is 0 Å². The highest BCUT2D eigenvalue weighted by molar-refractivity contribution is 8.13. The molecule has 2 aliphatic heterocycles. The summed E-state index contributed by atoms with van der Waals surface area (Å²) in [6.07, 6.45) is 4.02. The number of nitrogens with zero attached hydrogens (tertiary/aromatic N) is 6. The van der Waals surface area contributed by atoms with Gasteiger partial charge in [-0.15, -0.1) is 11.8 Å². The van der Waals surface area contributed by atoms with Crippen molar-refractivity contribution < 1.29 is 22.7 Å². The summed E-state index contributed by atoms with van der Waals surface area (Å²) in [6, 6.07) is 3.99. The molecule has 3 aromatic rings. The van der Waals surface area contributed by atoms with E-state index in [2.05, 4.69) is 30.4 Å². The number of thioether (sulfide) groups is 1. The first-order valence-electron chi connectivity index (χ1n) is 10.6. The number of ether oxygens (including phenoxy) is 1. The number of benzene rings is 1. The highest BCUT2D eigenvalue weighted by Crippen LogP contribution is 2.52. The third-order valence-corrected chi connectivity index (χ3v) is 7.04. The molecule has 0 saturated carbocycles. The van der Waals surface area contributed by atoms with Crippen LogP contribution >= 0.6 is 11.8 Å². The van der Waals surface area contributed by atoms with Crippen LogP contribution in [0, 0.1) is 11.7 Å². The number of hydrogen-bond donors (Lipinski definition) is 1. The molecule has 5 rings (SSSR count). The number of aromatic nitrogens is 5. The highest BCUT2D eigenvalue weighted by Gasteiger charge is 2.59. The Kier molecular flexibility index (Phi) is 5.83. The molecule has 0 bridgehead atoms. The summed E-state index contributed by atoms with van der Waals surface area (Å²) in [4.78, 5) is 29.4. The van der Waals surface area contributed by atoms with Gasteiger partial charge in [-0.3, -0.25) is 9.79 Å². The fourth-order valence-electron chi connectivity index (χ4n) is 4.41. The maximum absolute atomic E-state index is 15.1. The van der Waals surface area contributed by atoms with Gasteiger partial charge in [-0.2, -0.15) is 5.10 Å². The Bertz CT molecular complexity index is 1280. The van der Waals surface area contributed by atoms with Gasteiger partial charge in [-0.05, 0) is 25.1 Å². The quantitative estimate of drug-likeness (QED) is 0.568. The molecule has 9 nitrogen and oxygen atoms in total. The number of rotatable bonds is 5. The molecule has 0 aliphatic carbocycles. The Morgan fingerprint density at radius 3 is 2.83 bits per heavy atom. The normalized spacial score (nSPS) is 24.1. The third kappa shape index (κ3) is 4.29. The van der Waals surface area contributed by atoms with Gasteiger partial charge in [0.15, 0.2) is 5.82 Å². The van der Waals surface area contributed by atoms with Crippen molar-refractivity contribution in [1.82, 2.24) is 24.7 Å². The molecule has 1 saturated heterocycles. The second-order valence-corrected chi connectivity index (χ2v) is 9.62. The average Bonchev–Trinajstić information content (AvgIpc) is 3.48. The molecule has 13 heteroatoms. The lowest BCUT2D eigenvalue weighted by Crippen LogP contribution is -2.45. The van der Waals surface area contributed by atoms with Gasteiger partial charge in [0.25, 0.3) is 11.8 Å². The number of amides is 1. The SMILES string of the molecule is CC1=N[C@@]2(c3cc(NC(=O)c4cnc(-n5cncn5)cn4)ccc3F)CO[C@H](C(C)(F)F)[C@H]2CS1. The number of fused-ring (bicyclic) bond motifs is 1. The van der Waals surface area contributed by atoms with Crippen LogP contribution in [0.3, 0.4) is 0 Å². The number of carbonyl (C=O) groups is 1. The molecule has 1 N–H and O–H groups in total. The van der Waals surface area contributed by atoms with E-state index in [1.165, 1.54) is 59.7 Å². The van der Waals surface area contributed by atoms with E-state index in [0.29, 0.717) is 16.6 Å². The number of nitrogens with one attached hydrogen (secondary N) is 1. The largest absolute Gasteiger partial charge is 0.369 e. The lowest BCUT2D eigenvalue weighted by atomic mass is 9.77. The van der Waals surface area contributed by atoms with Crippen LogP contribution in [0.25, 0.3) is 5.82 Å². The van der Waals surface area contributed by atoms with Gasteiger partial charge in [0.1, 0.15) is 35.8 Å². The summed E-state index contributed by atoms with van der Waals surface area (Å²) in [7, 11) is 0. The van der Waals surface area contributed by atoms with Crippen LogP contribution in [-0.4, -0.2) is 60.1 Å². The Hall–Kier alpha value is -3.32. The van der Waals surface area contributed by atoms with E-state index in [-0.39, 0.29) is 23.6 Å². The second kappa shape index (κ2) is 8.72. The zero-order valence-corrected chi connectivity index (χ0v) is 19.5. The molecule has 4 heterocycles. The molecule has 0 unspecified atom stereocenters. The van der Waals surface area contributed by atoms with Crippen LogP contribution < -0.4 is 5.32 Å². The number of anilines is 1. The molecule has 0 spiro atoms. The fraction of sp³-hybridized carbons (Fsp3) is 0.364. The zero-order chi connectivity index (χ0) is 24.8. The van der Waals surface area contributed by atoms with Gasteiger partial charge in [0, 0.05) is 29.8 Å². The highest BCUT2D eigenvalue weighted by atomic mass is 32.2. The molecule has 2 aliphatic rings. The minimum Gasteiger partial charge on any atom is -0.369 e. The van der Waals surface area contributed by atoms with E-state index in [4.69, 9.17) is 4.74 Å². The maximum atomic E-state index is 15.1. The number of carbonyl (C=O) groups excluding carboxylic acids is 1. The zero-order valence-electron chi connectivity index (χ0n) is 18.7. The molecule has 35 heavy (non-hydrogen) atoms. The number of aliphatic imine (C=N–C) groups is 1. The van der Waals surface area contributed by atoms with Crippen LogP contribution in [-0.2, 0) is 10.3 Å². The molecule has 0 radical (unpaired) electrons. The third-order valence-electron chi connectivity index (χ3n) is 6.01. The Morgan fingerprint density at radius 2 is 2.14 bits per heavy atom. The van der Waals surface area contributed by atoms with Crippen LogP contribution in [0.2, 0.25) is 0 Å². The van der Waals surface area contributed by atoms with E-state index in [1.807, 2.05) is 0 Å². The molecular weight excluding hydrogens is 483 g/mol. The van der Waals surface area contributed by atoms with E-state index in [9.17, 15) is 13.6 Å². The van der Waals surface area contributed by atoms with Crippen molar-refractivity contribution in [3.05, 3.63) is 60.3 Å². The van der Waals surface area contributed by atoms with Gasteiger partial charge in [-0.25, -0.2) is 32.8 Å². The molecule has 1 fully saturated rings. The minimum absolute atomic E-state index is 0.0219. The summed E-state index contributed by atoms with van der Waals surface area (Å²) >= 11 is 1.34. The Balaban J connectivity index is 1.44. The monoisotopic (exact) mass is 503 g/mol. The second-order valence-electron chi connectivity index (χ2n) is 8.41. The number of halogens is 3. The van der Waals surface area contributed by atoms with Crippen LogP contribution in [0.4, 0.5) is 18.9 Å². The van der Waals surface area contributed by atoms with Crippen molar-refractivity contribution in [2.24, 2.45) is 10.9 Å². The van der Waals surface area contributed by atoms with Gasteiger partial charge < -0.3 is 10.1 Å². The van der Waals surface area contributed by atoms with E-state index >= 15 is 4.39 Å². The maximum Gasteiger partial charge on any atom is 0.275 e. The average molecular weight is 504 g/mol. The first kappa shape index (κ1) is 23.4. The van der Waals surface area contributed by atoms with Crippen molar-refractivity contribution in [3.63, 3.8) is 0 Å². The fourth-order valence-corrected chi connectivity index (χ4v) is 5.50. The first-order valence-corrected chi connectivity index (χ1v) is 11.6. The van der Waals surface area contributed by atoms with Gasteiger partial charge in [0.05, 0.1) is 24.0 Å². The molecule has 3 atom stereocenters. The summed E-state index contributed by atoms with van der Waals surface area (Å²) in [5.74, 6) is -4.36. The smallest absolute Gasteiger partial charge is 0.275 e. The molecular formula is C22H20F3N7O2S. The van der Waals surface area contributed by atoms with Gasteiger partial charge in [0.2, 0.25) is 0 Å². The summed E-state index contributed by atoms with van der Waals surface area (Å²) in [5, 5.41) is 7.26. The topological polar surface area (TPSA) is 107 Å². The lowest BCUT2D eigenvalue weighted by molar-refractivity contribution is -0.113. The Morgan fingerprint density at radius 1 is 1.31 bits per heavy atom. The van der Waals surface area contributed by atoms with Crippen LogP contribution in [0.1, 0.15) is 29.9 Å². The lowest BCUT2D eigenvalue weighted by Gasteiger charge is -2.37. The van der Waals surface area contributed by atoms with E-state index < -0.39 is 35.2 Å². The predicted molar refractivity (Wildman–Crippen MR) is 122 cm³/mol. The van der Waals surface area contributed by atoms with Gasteiger partial charge >= 0.3 is 0 Å². The van der Waals surface area contributed by atoms with Crippen LogP contribution in [0.5, 0.6) is 0 Å². The summed E-state index contributed by atoms with van der Waals surface area (Å²) in [6.45, 7) is 2.37. The van der Waals surface area contributed by atoms with Crippen molar-refractivity contribution in [3.8, 4) is 5.82 Å². The van der Waals surface area contributed by atoms with Crippen molar-refractivity contribution in [2.75, 3.05) is 17.7 Å². The molecule has 182 valence electrons. The predicted octanol–water partition coefficient (Wildman–Crippen LogP) is 3.48. The van der Waals surface area contributed by atoms with Crippen molar-refractivity contribution >= 4 is 28.4 Å². The summed E-state index contributed by atoms with van der Waals surface area (Å²) in [5.41, 5.74) is -0.934. The van der Waals surface area contributed by atoms with E-state index in [1.54, 1.807) is 6.92 Å². The van der Waals surface area contributed by atoms with E-state index in [0.717, 1.165) is 6.92 Å². The Labute approximate surface area is 202 Å². The molecule has 2 aromatic heterocycles. The van der Waals surface area contributed by atoms with Crippen molar-refractivity contribution in [1.29, 1.82) is 0 Å². The number of hydrogen-bond acceptors (Lipinski definition) is 8. The molecule has 1 amide bonds.